The van der Waals surface area contributed by atoms with E-state index in [1.807, 2.05) is 30.3 Å². The van der Waals surface area contributed by atoms with Gasteiger partial charge in [-0.1, -0.05) is 57.2 Å². The average Bonchev–Trinajstić information content (AvgIpc) is 3.24. The number of pyridine rings is 1. The third-order valence-corrected chi connectivity index (χ3v) is 10.8. The molecule has 3 aromatic carbocycles. The van der Waals surface area contributed by atoms with Crippen LogP contribution in [-0.2, 0) is 31.0 Å². The molecule has 1 aromatic heterocycles. The van der Waals surface area contributed by atoms with Crippen molar-refractivity contribution in [1.29, 1.82) is 5.26 Å². The van der Waals surface area contributed by atoms with Gasteiger partial charge in [-0.25, -0.2) is 0 Å². The highest BCUT2D eigenvalue weighted by molar-refractivity contribution is 6.03. The molecule has 5 amide bonds. The minimum Gasteiger partial charge on any atom is -0.507 e. The third-order valence-electron chi connectivity index (χ3n) is 10.8. The van der Waals surface area contributed by atoms with Crippen molar-refractivity contribution in [3.63, 3.8) is 0 Å². The van der Waals surface area contributed by atoms with Crippen molar-refractivity contribution < 1.29 is 33.8 Å². The van der Waals surface area contributed by atoms with Gasteiger partial charge < -0.3 is 53.2 Å². The van der Waals surface area contributed by atoms with Gasteiger partial charge in [-0.15, -0.1) is 0 Å². The average molecular weight is 861 g/mol. The second kappa shape index (κ2) is 20.2. The van der Waals surface area contributed by atoms with Crippen LogP contribution in [0.1, 0.15) is 72.9 Å². The zero-order valence-electron chi connectivity index (χ0n) is 36.4. The van der Waals surface area contributed by atoms with E-state index in [2.05, 4.69) is 47.0 Å². The molecule has 0 aliphatic carbocycles. The van der Waals surface area contributed by atoms with Crippen LogP contribution in [0, 0.1) is 18.3 Å². The molecular weight excluding hydrogens is 805 g/mol. The molecule has 63 heavy (non-hydrogen) atoms. The van der Waals surface area contributed by atoms with E-state index in [0.717, 1.165) is 16.0 Å². The maximum atomic E-state index is 14.6. The first-order valence-corrected chi connectivity index (χ1v) is 20.6. The number of aromatic hydroxyl groups is 1. The van der Waals surface area contributed by atoms with Crippen molar-refractivity contribution in [2.24, 2.45) is 11.5 Å². The molecule has 0 saturated heterocycles. The number of hydrogen-bond donors (Lipinski definition) is 8. The van der Waals surface area contributed by atoms with Gasteiger partial charge in [-0.05, 0) is 79.3 Å². The summed E-state index contributed by atoms with van der Waals surface area (Å²) in [4.78, 5) is 75.6. The highest BCUT2D eigenvalue weighted by atomic mass is 16.5. The molecule has 17 heteroatoms. The molecule has 4 bridgehead atoms. The van der Waals surface area contributed by atoms with Crippen LogP contribution in [0.3, 0.4) is 0 Å². The number of aryl methyl sites for hydroxylation is 1. The summed E-state index contributed by atoms with van der Waals surface area (Å²) >= 11 is 0. The number of amides is 5. The lowest BCUT2D eigenvalue weighted by Crippen LogP contribution is -2.56. The van der Waals surface area contributed by atoms with Gasteiger partial charge in [0.25, 0.3) is 5.91 Å². The molecule has 11 N–H and O–H groups in total. The molecule has 0 saturated carbocycles. The summed E-state index contributed by atoms with van der Waals surface area (Å²) in [5, 5.41) is 30.9. The topological polar surface area (TPSA) is 281 Å². The standard InChI is InChI=1S/C46H56N10O7/c1-25-39(33(50)24-35(52-25)28-8-11-30(12-9-28)46(3,4)5)43(60)54-34(15-16-47)45(62)56(6)40-29-10-13-37(57)31(23-29)32-21-27(7-14-38(32)63-20-18-49)22-36(42(59)51-19-17-48)55-41(58)26(2)53-44(40)61/h7-14,21,23-24,26,34,36,40,57H,15-16,18-20,22,47,49H2,1-6H3,(H2,50,52)(H,51,59)(H,53,61)(H,54,60)(H,55,58)/t26-,34?,36-,40-/m0/s1. The molecule has 5 rings (SSSR count). The lowest BCUT2D eigenvalue weighted by molar-refractivity contribution is -0.141. The summed E-state index contributed by atoms with van der Waals surface area (Å²) in [5.74, 6) is -3.42. The molecule has 332 valence electrons. The summed E-state index contributed by atoms with van der Waals surface area (Å²) in [6, 6.07) is 15.6. The summed E-state index contributed by atoms with van der Waals surface area (Å²) in [7, 11) is 1.37. The fourth-order valence-electron chi connectivity index (χ4n) is 7.36. The largest absolute Gasteiger partial charge is 0.507 e. The van der Waals surface area contributed by atoms with Gasteiger partial charge in [0, 0.05) is 42.4 Å². The molecule has 17 nitrogen and oxygen atoms in total. The van der Waals surface area contributed by atoms with Crippen LogP contribution in [0.25, 0.3) is 22.4 Å². The van der Waals surface area contributed by atoms with Crippen LogP contribution in [0.2, 0.25) is 0 Å². The molecule has 4 atom stereocenters. The summed E-state index contributed by atoms with van der Waals surface area (Å²) in [6.07, 6.45) is -0.0589. The van der Waals surface area contributed by atoms with Crippen molar-refractivity contribution in [3.8, 4) is 40.0 Å². The van der Waals surface area contributed by atoms with E-state index in [0.29, 0.717) is 28.3 Å². The van der Waals surface area contributed by atoms with Crippen molar-refractivity contribution in [2.75, 3.05) is 39.0 Å². The van der Waals surface area contributed by atoms with E-state index < -0.39 is 53.7 Å². The van der Waals surface area contributed by atoms with Crippen LogP contribution in [0.5, 0.6) is 11.5 Å². The number of nitriles is 1. The zero-order valence-corrected chi connectivity index (χ0v) is 36.4. The van der Waals surface area contributed by atoms with E-state index >= 15 is 0 Å². The van der Waals surface area contributed by atoms with Crippen molar-refractivity contribution in [2.45, 2.75) is 77.0 Å². The number of carbonyl (C=O) groups excluding carboxylic acids is 5. The number of anilines is 1. The molecule has 0 radical (unpaired) electrons. The Balaban J connectivity index is 1.53. The summed E-state index contributed by atoms with van der Waals surface area (Å²) in [6.45, 7) is 9.37. The number of ether oxygens (including phenoxy) is 1. The number of nitrogens with two attached hydrogens (primary N) is 3. The molecule has 1 aliphatic rings. The van der Waals surface area contributed by atoms with Crippen LogP contribution in [-0.4, -0.2) is 95.9 Å². The fraction of sp³-hybridized carbons (Fsp3) is 0.370. The molecule has 4 aromatic rings. The normalized spacial score (nSPS) is 16.9. The smallest absolute Gasteiger partial charge is 0.255 e. The summed E-state index contributed by atoms with van der Waals surface area (Å²) < 4.78 is 5.94. The van der Waals surface area contributed by atoms with Crippen molar-refractivity contribution in [1.82, 2.24) is 31.2 Å². The van der Waals surface area contributed by atoms with Gasteiger partial charge in [-0.3, -0.25) is 29.0 Å². The minimum atomic E-state index is -1.45. The number of hydrogen-bond acceptors (Lipinski definition) is 12. The van der Waals surface area contributed by atoms with E-state index in [1.165, 1.54) is 32.2 Å². The van der Waals surface area contributed by atoms with Crippen LogP contribution in [0.4, 0.5) is 5.69 Å². The number of fused-ring (bicyclic) bond motifs is 5. The Kier molecular flexibility index (Phi) is 15.1. The quantitative estimate of drug-likeness (QED) is 0.0955. The van der Waals surface area contributed by atoms with Gasteiger partial charge >= 0.3 is 0 Å². The number of nitrogens with zero attached hydrogens (tertiary/aromatic N) is 3. The Bertz CT molecular complexity index is 2380. The number of benzene rings is 3. The maximum Gasteiger partial charge on any atom is 0.255 e. The van der Waals surface area contributed by atoms with Crippen molar-refractivity contribution >= 4 is 35.2 Å². The van der Waals surface area contributed by atoms with Gasteiger partial charge in [0.15, 0.2) is 0 Å². The van der Waals surface area contributed by atoms with Gasteiger partial charge in [0.05, 0.1) is 23.0 Å². The Morgan fingerprint density at radius 3 is 2.35 bits per heavy atom. The monoisotopic (exact) mass is 860 g/mol. The lowest BCUT2D eigenvalue weighted by Gasteiger charge is -2.32. The van der Waals surface area contributed by atoms with Crippen molar-refractivity contribution in [3.05, 3.63) is 94.7 Å². The van der Waals surface area contributed by atoms with E-state index in [-0.39, 0.29) is 72.6 Å². The molecule has 0 fully saturated rings. The number of nitrogens with one attached hydrogen (secondary N) is 4. The first-order chi connectivity index (χ1) is 29.9. The molecule has 1 unspecified atom stereocenters. The maximum absolute atomic E-state index is 14.6. The first-order valence-electron chi connectivity index (χ1n) is 20.6. The van der Waals surface area contributed by atoms with E-state index in [1.54, 1.807) is 31.2 Å². The lowest BCUT2D eigenvalue weighted by atomic mass is 9.86. The SMILES string of the molecule is Cc1nc(-c2ccc(C(C)(C)C)cc2)cc(N)c1C(=O)NC(CCN)C(=O)N(C)[C@@H]1C(=O)N[C@@H](C)C(=O)N[C@H](C(=O)NCC#N)Cc2ccc(OCCN)c(c2)-c2cc1ccc2O. The zero-order chi connectivity index (χ0) is 46.2. The number of likely N-dealkylation sites (N-methyl/N-ethyl adjacent to an activating group) is 1. The highest BCUT2D eigenvalue weighted by Crippen LogP contribution is 2.39. The van der Waals surface area contributed by atoms with Gasteiger partial charge in [-0.2, -0.15) is 5.26 Å². The van der Waals surface area contributed by atoms with Gasteiger partial charge in [0.2, 0.25) is 23.6 Å². The second-order valence-corrected chi connectivity index (χ2v) is 16.5. The highest BCUT2D eigenvalue weighted by Gasteiger charge is 2.36. The Morgan fingerprint density at radius 1 is 1.00 bits per heavy atom. The predicted octanol–water partition coefficient (Wildman–Crippen LogP) is 2.48. The number of carbonyl (C=O) groups is 5. The molecule has 0 spiro atoms. The first kappa shape index (κ1) is 47.0. The number of aromatic nitrogens is 1. The Labute approximate surface area is 366 Å². The molecular formula is C46H56N10O7. The molecule has 2 heterocycles. The van der Waals surface area contributed by atoms with Gasteiger partial charge in [0.1, 0.15) is 48.8 Å². The van der Waals surface area contributed by atoms with E-state index in [4.69, 9.17) is 27.2 Å². The number of phenolic OH excluding ortho intramolecular Hbond substituents is 1. The van der Waals surface area contributed by atoms with Crippen LogP contribution < -0.4 is 43.2 Å². The second-order valence-electron chi connectivity index (χ2n) is 16.5. The number of phenols is 1. The Morgan fingerprint density at radius 2 is 1.71 bits per heavy atom. The van der Waals surface area contributed by atoms with E-state index in [9.17, 15) is 29.1 Å². The van der Waals surface area contributed by atoms with Crippen LogP contribution >= 0.6 is 0 Å². The predicted molar refractivity (Wildman–Crippen MR) is 238 cm³/mol. The number of rotatable bonds is 12. The molecule has 1 aliphatic heterocycles. The number of nitrogen functional groups attached to an aromatic ring is 1. The Hall–Kier alpha value is -7.03. The fourth-order valence-corrected chi connectivity index (χ4v) is 7.36. The summed E-state index contributed by atoms with van der Waals surface area (Å²) in [5.41, 5.74) is 22.6. The third kappa shape index (κ3) is 11.1. The minimum absolute atomic E-state index is 0.0246. The van der Waals surface area contributed by atoms with Crippen LogP contribution in [0.15, 0.2) is 66.7 Å².